The minimum Gasteiger partial charge on any atom is -0.322 e. The fourth-order valence-corrected chi connectivity index (χ4v) is 5.16. The molecular weight excluding hydrogens is 404 g/mol. The Morgan fingerprint density at radius 2 is 1.93 bits per heavy atom. The van der Waals surface area contributed by atoms with E-state index in [-0.39, 0.29) is 5.91 Å². The minimum atomic E-state index is -0.261. The standard InChI is InChI=1S/C22H25ClN4OS/c1-13(2)15-4-6-16(7-5-15)25-22(28)18-12-24-21-19(20(18)23)14(3)26-27(21)17-8-10-29-11-9-17/h4-7,12-13,17H,8-11H2,1-3H3,(H,25,28). The van der Waals surface area contributed by atoms with Crippen molar-refractivity contribution in [1.29, 1.82) is 0 Å². The molecule has 7 heteroatoms. The van der Waals surface area contributed by atoms with Gasteiger partial charge in [0.2, 0.25) is 0 Å². The lowest BCUT2D eigenvalue weighted by Crippen LogP contribution is -2.17. The zero-order valence-corrected chi connectivity index (χ0v) is 18.5. The molecule has 1 aliphatic heterocycles. The summed E-state index contributed by atoms with van der Waals surface area (Å²) >= 11 is 8.65. The van der Waals surface area contributed by atoms with Gasteiger partial charge in [-0.1, -0.05) is 37.6 Å². The molecule has 0 aliphatic carbocycles. The molecule has 0 bridgehead atoms. The van der Waals surface area contributed by atoms with Crippen LogP contribution in [-0.2, 0) is 0 Å². The number of anilines is 1. The fourth-order valence-electron chi connectivity index (χ4n) is 3.73. The number of carbonyl (C=O) groups excluding carboxylic acids is 1. The average molecular weight is 429 g/mol. The number of aryl methyl sites for hydroxylation is 1. The van der Waals surface area contributed by atoms with Crippen LogP contribution in [0.5, 0.6) is 0 Å². The Hall–Kier alpha value is -2.05. The van der Waals surface area contributed by atoms with Gasteiger partial charge < -0.3 is 5.32 Å². The normalized spacial score (nSPS) is 15.2. The molecule has 29 heavy (non-hydrogen) atoms. The van der Waals surface area contributed by atoms with E-state index in [0.29, 0.717) is 22.5 Å². The van der Waals surface area contributed by atoms with Crippen molar-refractivity contribution in [3.63, 3.8) is 0 Å². The van der Waals surface area contributed by atoms with Gasteiger partial charge in [-0.15, -0.1) is 0 Å². The van der Waals surface area contributed by atoms with Crippen molar-refractivity contribution in [2.45, 2.75) is 45.6 Å². The third-order valence-electron chi connectivity index (χ3n) is 5.45. The summed E-state index contributed by atoms with van der Waals surface area (Å²) in [6.45, 7) is 6.21. The highest BCUT2D eigenvalue weighted by Gasteiger charge is 2.24. The Balaban J connectivity index is 1.63. The minimum absolute atomic E-state index is 0.261. The summed E-state index contributed by atoms with van der Waals surface area (Å²) in [5.74, 6) is 2.45. The molecule has 1 saturated heterocycles. The number of pyridine rings is 1. The Bertz CT molecular complexity index is 1040. The van der Waals surface area contributed by atoms with Crippen LogP contribution < -0.4 is 5.32 Å². The lowest BCUT2D eigenvalue weighted by molar-refractivity contribution is 0.102. The second-order valence-electron chi connectivity index (χ2n) is 7.79. The fraction of sp³-hybridized carbons (Fsp3) is 0.409. The zero-order chi connectivity index (χ0) is 20.5. The molecule has 0 radical (unpaired) electrons. The molecule has 0 unspecified atom stereocenters. The van der Waals surface area contributed by atoms with Crippen molar-refractivity contribution in [3.8, 4) is 0 Å². The highest BCUT2D eigenvalue weighted by Crippen LogP contribution is 2.34. The maximum atomic E-state index is 12.9. The van der Waals surface area contributed by atoms with Crippen LogP contribution in [0.4, 0.5) is 5.69 Å². The van der Waals surface area contributed by atoms with Crippen molar-refractivity contribution in [2.24, 2.45) is 0 Å². The molecule has 1 amide bonds. The van der Waals surface area contributed by atoms with E-state index in [4.69, 9.17) is 16.7 Å². The molecule has 0 atom stereocenters. The number of carbonyl (C=O) groups is 1. The number of fused-ring (bicyclic) bond motifs is 1. The Kier molecular flexibility index (Phi) is 5.83. The quantitative estimate of drug-likeness (QED) is 0.567. The number of nitrogens with one attached hydrogen (secondary N) is 1. The molecule has 0 spiro atoms. The summed E-state index contributed by atoms with van der Waals surface area (Å²) in [5.41, 5.74) is 3.92. The smallest absolute Gasteiger partial charge is 0.258 e. The molecule has 152 valence electrons. The van der Waals surface area contributed by atoms with Crippen LogP contribution >= 0.6 is 23.4 Å². The van der Waals surface area contributed by atoms with Crippen LogP contribution in [-0.4, -0.2) is 32.2 Å². The van der Waals surface area contributed by atoms with Gasteiger partial charge in [-0.2, -0.15) is 16.9 Å². The van der Waals surface area contributed by atoms with Crippen molar-refractivity contribution in [1.82, 2.24) is 14.8 Å². The van der Waals surface area contributed by atoms with E-state index in [1.807, 2.05) is 47.6 Å². The maximum Gasteiger partial charge on any atom is 0.258 e. The number of nitrogens with zero attached hydrogens (tertiary/aromatic N) is 3. The summed E-state index contributed by atoms with van der Waals surface area (Å²) in [7, 11) is 0. The van der Waals surface area contributed by atoms with E-state index in [9.17, 15) is 4.79 Å². The molecule has 2 aromatic heterocycles. The Labute approximate surface area is 180 Å². The predicted octanol–water partition coefficient (Wildman–Crippen LogP) is 5.84. The number of hydrogen-bond acceptors (Lipinski definition) is 4. The van der Waals surface area contributed by atoms with Crippen molar-refractivity contribution >= 4 is 46.0 Å². The summed E-state index contributed by atoms with van der Waals surface area (Å²) in [6, 6.07) is 8.23. The monoisotopic (exact) mass is 428 g/mol. The molecule has 1 N–H and O–H groups in total. The van der Waals surface area contributed by atoms with E-state index >= 15 is 0 Å². The SMILES string of the molecule is Cc1nn(C2CCSCC2)c2ncc(C(=O)Nc3ccc(C(C)C)cc3)c(Cl)c12. The first-order valence-electron chi connectivity index (χ1n) is 9.98. The summed E-state index contributed by atoms with van der Waals surface area (Å²) < 4.78 is 2.00. The van der Waals surface area contributed by atoms with E-state index < -0.39 is 0 Å². The third kappa shape index (κ3) is 4.01. The first-order chi connectivity index (χ1) is 14.0. The highest BCUT2D eigenvalue weighted by atomic mass is 35.5. The van der Waals surface area contributed by atoms with Gasteiger partial charge in [0.15, 0.2) is 5.65 Å². The highest BCUT2D eigenvalue weighted by molar-refractivity contribution is 7.99. The predicted molar refractivity (Wildman–Crippen MR) is 121 cm³/mol. The van der Waals surface area contributed by atoms with Gasteiger partial charge in [0.05, 0.1) is 27.7 Å². The van der Waals surface area contributed by atoms with Crippen LogP contribution in [0, 0.1) is 6.92 Å². The van der Waals surface area contributed by atoms with Crippen molar-refractivity contribution in [2.75, 3.05) is 16.8 Å². The number of aromatic nitrogens is 3. The van der Waals surface area contributed by atoms with Crippen molar-refractivity contribution in [3.05, 3.63) is 52.3 Å². The van der Waals surface area contributed by atoms with E-state index in [1.54, 1.807) is 6.20 Å². The molecule has 0 saturated carbocycles. The number of benzene rings is 1. The molecule has 3 aromatic rings. The molecular formula is C22H25ClN4OS. The number of thioether (sulfide) groups is 1. The molecule has 3 heterocycles. The van der Waals surface area contributed by atoms with Gasteiger partial charge in [0.25, 0.3) is 5.91 Å². The number of hydrogen-bond donors (Lipinski definition) is 1. The van der Waals surface area contributed by atoms with Crippen LogP contribution in [0.25, 0.3) is 11.0 Å². The lowest BCUT2D eigenvalue weighted by atomic mass is 10.0. The van der Waals surface area contributed by atoms with Gasteiger partial charge in [0.1, 0.15) is 0 Å². The molecule has 1 aromatic carbocycles. The summed E-state index contributed by atoms with van der Waals surface area (Å²) in [6.07, 6.45) is 3.72. The Morgan fingerprint density at radius 3 is 2.59 bits per heavy atom. The number of rotatable bonds is 4. The third-order valence-corrected chi connectivity index (χ3v) is 6.89. The molecule has 5 nitrogen and oxygen atoms in total. The lowest BCUT2D eigenvalue weighted by Gasteiger charge is -2.22. The van der Waals surface area contributed by atoms with E-state index in [0.717, 1.165) is 46.8 Å². The van der Waals surface area contributed by atoms with Gasteiger partial charge >= 0.3 is 0 Å². The van der Waals surface area contributed by atoms with Crippen molar-refractivity contribution < 1.29 is 4.79 Å². The van der Waals surface area contributed by atoms with Gasteiger partial charge in [-0.3, -0.25) is 4.79 Å². The summed E-state index contributed by atoms with van der Waals surface area (Å²) in [4.78, 5) is 17.4. The first-order valence-corrected chi connectivity index (χ1v) is 11.5. The van der Waals surface area contributed by atoms with Gasteiger partial charge in [-0.25, -0.2) is 9.67 Å². The van der Waals surface area contributed by atoms with Gasteiger partial charge in [-0.05, 0) is 54.9 Å². The molecule has 1 aliphatic rings. The average Bonchev–Trinajstić information content (AvgIpc) is 3.06. The van der Waals surface area contributed by atoms with Crippen LogP contribution in [0.3, 0.4) is 0 Å². The molecule has 4 rings (SSSR count). The molecule has 1 fully saturated rings. The number of halogens is 1. The maximum absolute atomic E-state index is 12.9. The second-order valence-corrected chi connectivity index (χ2v) is 9.39. The zero-order valence-electron chi connectivity index (χ0n) is 16.9. The van der Waals surface area contributed by atoms with Gasteiger partial charge in [0, 0.05) is 11.9 Å². The largest absolute Gasteiger partial charge is 0.322 e. The van der Waals surface area contributed by atoms with Crippen LogP contribution in [0.1, 0.15) is 60.3 Å². The second kappa shape index (κ2) is 8.36. The Morgan fingerprint density at radius 1 is 1.24 bits per heavy atom. The van der Waals surface area contributed by atoms with Crippen LogP contribution in [0.2, 0.25) is 5.02 Å². The number of amides is 1. The first kappa shape index (κ1) is 20.2. The summed E-state index contributed by atoms with van der Waals surface area (Å²) in [5, 5.41) is 8.83. The van der Waals surface area contributed by atoms with E-state index in [1.165, 1.54) is 5.56 Å². The van der Waals surface area contributed by atoms with E-state index in [2.05, 4.69) is 24.1 Å². The topological polar surface area (TPSA) is 59.8 Å². The van der Waals surface area contributed by atoms with Crippen LogP contribution in [0.15, 0.2) is 30.5 Å².